The minimum Gasteiger partial charge on any atom is -0.497 e. The molecular formula is C23H31N3O4S. The zero-order valence-corrected chi connectivity index (χ0v) is 19.2. The molecule has 1 aliphatic heterocycles. The Labute approximate surface area is 185 Å². The van der Waals surface area contributed by atoms with Gasteiger partial charge in [-0.2, -0.15) is 0 Å². The van der Waals surface area contributed by atoms with Crippen LogP contribution in [0.25, 0.3) is 0 Å². The van der Waals surface area contributed by atoms with Gasteiger partial charge in [-0.05, 0) is 56.1 Å². The third-order valence-electron chi connectivity index (χ3n) is 5.46. The van der Waals surface area contributed by atoms with Gasteiger partial charge in [0.2, 0.25) is 15.9 Å². The molecule has 1 N–H and O–H groups in total. The molecule has 1 aliphatic rings. The number of nitrogens with zero attached hydrogens (tertiary/aromatic N) is 2. The number of amides is 1. The van der Waals surface area contributed by atoms with E-state index in [2.05, 4.69) is 22.3 Å². The summed E-state index contributed by atoms with van der Waals surface area (Å²) in [5.41, 5.74) is 2.59. The number of hydrogen-bond acceptors (Lipinski definition) is 5. The summed E-state index contributed by atoms with van der Waals surface area (Å²) in [7, 11) is -2.17. The molecule has 1 unspecified atom stereocenters. The molecule has 0 spiro atoms. The van der Waals surface area contributed by atoms with Gasteiger partial charge in [0.15, 0.2) is 0 Å². The van der Waals surface area contributed by atoms with Gasteiger partial charge < -0.3 is 10.1 Å². The molecule has 1 amide bonds. The quantitative estimate of drug-likeness (QED) is 0.642. The van der Waals surface area contributed by atoms with Gasteiger partial charge in [0.25, 0.3) is 0 Å². The van der Waals surface area contributed by atoms with Crippen LogP contribution < -0.4 is 14.4 Å². The molecule has 0 aliphatic carbocycles. The van der Waals surface area contributed by atoms with Gasteiger partial charge in [-0.3, -0.25) is 14.0 Å². The van der Waals surface area contributed by atoms with Gasteiger partial charge in [-0.1, -0.05) is 30.3 Å². The van der Waals surface area contributed by atoms with E-state index in [1.165, 1.54) is 25.5 Å². The average molecular weight is 446 g/mol. The van der Waals surface area contributed by atoms with Crippen molar-refractivity contribution < 1.29 is 17.9 Å². The molecule has 1 atom stereocenters. The Hall–Kier alpha value is -2.58. The normalized spacial score (nSPS) is 15.5. The average Bonchev–Trinajstić information content (AvgIpc) is 3.24. The summed E-state index contributed by atoms with van der Waals surface area (Å²) < 4.78 is 31.2. The molecule has 1 heterocycles. The molecule has 2 aromatic carbocycles. The third kappa shape index (κ3) is 6.21. The monoisotopic (exact) mass is 445 g/mol. The fourth-order valence-electron chi connectivity index (χ4n) is 3.93. The summed E-state index contributed by atoms with van der Waals surface area (Å²) in [6.07, 6.45) is 3.59. The highest BCUT2D eigenvalue weighted by molar-refractivity contribution is 7.92. The Balaban J connectivity index is 1.68. The smallest absolute Gasteiger partial charge is 0.243 e. The van der Waals surface area contributed by atoms with Crippen molar-refractivity contribution in [3.05, 3.63) is 59.7 Å². The summed E-state index contributed by atoms with van der Waals surface area (Å²) in [4.78, 5) is 15.3. The second-order valence-electron chi connectivity index (χ2n) is 7.96. The molecule has 3 rings (SSSR count). The topological polar surface area (TPSA) is 79.0 Å². The van der Waals surface area contributed by atoms with Crippen molar-refractivity contribution in [3.8, 4) is 5.75 Å². The molecule has 1 fully saturated rings. The molecule has 31 heavy (non-hydrogen) atoms. The molecule has 8 heteroatoms. The van der Waals surface area contributed by atoms with Crippen molar-refractivity contribution in [3.63, 3.8) is 0 Å². The maximum absolute atomic E-state index is 12.8. The third-order valence-corrected chi connectivity index (χ3v) is 6.70. The number of benzene rings is 2. The number of carbonyl (C=O) groups is 1. The van der Waals surface area contributed by atoms with E-state index in [9.17, 15) is 13.2 Å². The van der Waals surface area contributed by atoms with Gasteiger partial charge in [-0.25, -0.2) is 8.42 Å². The molecule has 1 saturated heterocycles. The predicted octanol–water partition coefficient (Wildman–Crippen LogP) is 2.76. The first-order valence-electron chi connectivity index (χ1n) is 10.5. The van der Waals surface area contributed by atoms with Gasteiger partial charge >= 0.3 is 0 Å². The number of hydrogen-bond donors (Lipinski definition) is 1. The lowest BCUT2D eigenvalue weighted by atomic mass is 10.1. The van der Waals surface area contributed by atoms with Gasteiger partial charge in [0.05, 0.1) is 19.1 Å². The molecule has 7 nitrogen and oxygen atoms in total. The van der Waals surface area contributed by atoms with Crippen LogP contribution in [0, 0.1) is 0 Å². The van der Waals surface area contributed by atoms with Crippen molar-refractivity contribution >= 4 is 21.6 Å². The lowest BCUT2D eigenvalue weighted by Crippen LogP contribution is -2.47. The van der Waals surface area contributed by atoms with Crippen molar-refractivity contribution in [1.82, 2.24) is 10.2 Å². The van der Waals surface area contributed by atoms with E-state index in [1.54, 1.807) is 31.2 Å². The number of methoxy groups -OCH3 is 1. The van der Waals surface area contributed by atoms with Crippen LogP contribution in [-0.2, 0) is 27.9 Å². The lowest BCUT2D eigenvalue weighted by molar-refractivity contribution is -0.122. The number of nitrogens with one attached hydrogen (secondary N) is 1. The summed E-state index contributed by atoms with van der Waals surface area (Å²) in [6.45, 7) is 5.09. The number of rotatable bonds is 9. The molecule has 0 bridgehead atoms. The van der Waals surface area contributed by atoms with E-state index < -0.39 is 16.1 Å². The Morgan fingerprint density at radius 2 is 1.81 bits per heavy atom. The second kappa shape index (κ2) is 10.2. The van der Waals surface area contributed by atoms with Crippen LogP contribution in [0.1, 0.15) is 30.9 Å². The molecule has 0 saturated carbocycles. The second-order valence-corrected chi connectivity index (χ2v) is 9.82. The Kier molecular flexibility index (Phi) is 7.56. The SMILES string of the molecule is COc1cccc(N(C(C)C(=O)NCc2cccc(CN3CCCC3)c2)S(C)(=O)=O)c1. The largest absolute Gasteiger partial charge is 0.497 e. The molecular weight excluding hydrogens is 414 g/mol. The summed E-state index contributed by atoms with van der Waals surface area (Å²) in [5, 5.41) is 2.88. The first kappa shape index (κ1) is 23.1. The number of anilines is 1. The summed E-state index contributed by atoms with van der Waals surface area (Å²) in [5.74, 6) is 0.159. The first-order valence-corrected chi connectivity index (χ1v) is 12.3. The van der Waals surface area contributed by atoms with Gasteiger partial charge in [0.1, 0.15) is 11.8 Å². The van der Waals surface area contributed by atoms with E-state index in [1.807, 2.05) is 12.1 Å². The van der Waals surface area contributed by atoms with Gasteiger partial charge in [0, 0.05) is 19.2 Å². The fraction of sp³-hybridized carbons (Fsp3) is 0.435. The fourth-order valence-corrected chi connectivity index (χ4v) is 5.10. The number of ether oxygens (including phenoxy) is 1. The van der Waals surface area contributed by atoms with E-state index >= 15 is 0 Å². The Morgan fingerprint density at radius 1 is 1.13 bits per heavy atom. The molecule has 2 aromatic rings. The van der Waals surface area contributed by atoms with Crippen LogP contribution in [0.5, 0.6) is 5.75 Å². The summed E-state index contributed by atoms with van der Waals surface area (Å²) >= 11 is 0. The van der Waals surface area contributed by atoms with Crippen LogP contribution in [0.4, 0.5) is 5.69 Å². The van der Waals surface area contributed by atoms with Crippen molar-refractivity contribution in [1.29, 1.82) is 0 Å². The van der Waals surface area contributed by atoms with Crippen LogP contribution in [-0.4, -0.2) is 51.7 Å². The van der Waals surface area contributed by atoms with Crippen molar-refractivity contribution in [2.75, 3.05) is 30.8 Å². The Bertz CT molecular complexity index is 1000. The lowest BCUT2D eigenvalue weighted by Gasteiger charge is -2.28. The highest BCUT2D eigenvalue weighted by atomic mass is 32.2. The van der Waals surface area contributed by atoms with E-state index in [0.717, 1.165) is 35.8 Å². The van der Waals surface area contributed by atoms with Crippen molar-refractivity contribution in [2.45, 2.75) is 38.9 Å². The van der Waals surface area contributed by atoms with Gasteiger partial charge in [-0.15, -0.1) is 0 Å². The highest BCUT2D eigenvalue weighted by Crippen LogP contribution is 2.25. The number of carbonyl (C=O) groups excluding carboxylic acids is 1. The van der Waals surface area contributed by atoms with E-state index in [-0.39, 0.29) is 5.91 Å². The zero-order valence-electron chi connectivity index (χ0n) is 18.4. The van der Waals surface area contributed by atoms with Crippen LogP contribution >= 0.6 is 0 Å². The molecule has 0 radical (unpaired) electrons. The summed E-state index contributed by atoms with van der Waals surface area (Å²) in [6, 6.07) is 13.9. The van der Waals surface area contributed by atoms with Crippen LogP contribution in [0.3, 0.4) is 0 Å². The first-order chi connectivity index (χ1) is 14.8. The highest BCUT2D eigenvalue weighted by Gasteiger charge is 2.29. The van der Waals surface area contributed by atoms with E-state index in [4.69, 9.17) is 4.74 Å². The van der Waals surface area contributed by atoms with Crippen LogP contribution in [0.15, 0.2) is 48.5 Å². The van der Waals surface area contributed by atoms with Crippen molar-refractivity contribution in [2.24, 2.45) is 0 Å². The van der Waals surface area contributed by atoms with Crippen LogP contribution in [0.2, 0.25) is 0 Å². The predicted molar refractivity (Wildman–Crippen MR) is 123 cm³/mol. The standard InChI is InChI=1S/C23H31N3O4S/c1-18(26(31(3,28)29)21-10-7-11-22(15-21)30-2)23(27)24-16-19-8-6-9-20(14-19)17-25-12-4-5-13-25/h6-11,14-15,18H,4-5,12-13,16-17H2,1-3H3,(H,24,27). The minimum atomic E-state index is -3.68. The molecule has 0 aromatic heterocycles. The number of sulfonamides is 1. The van der Waals surface area contributed by atoms with E-state index in [0.29, 0.717) is 18.0 Å². The zero-order chi connectivity index (χ0) is 22.4. The minimum absolute atomic E-state index is 0.340. The molecule has 168 valence electrons. The maximum Gasteiger partial charge on any atom is 0.243 e. The Morgan fingerprint density at radius 3 is 2.48 bits per heavy atom. The number of likely N-dealkylation sites (tertiary alicyclic amines) is 1. The maximum atomic E-state index is 12.8.